The first-order valence-corrected chi connectivity index (χ1v) is 7.81. The highest BCUT2D eigenvalue weighted by Crippen LogP contribution is 2.22. The summed E-state index contributed by atoms with van der Waals surface area (Å²) in [6.45, 7) is 5.29. The van der Waals surface area contributed by atoms with Crippen LogP contribution < -0.4 is 9.08 Å². The quantitative estimate of drug-likeness (QED) is 0.831. The van der Waals surface area contributed by atoms with E-state index in [4.69, 9.17) is 9.29 Å². The molecule has 0 saturated heterocycles. The van der Waals surface area contributed by atoms with Crippen LogP contribution in [0.15, 0.2) is 24.3 Å². The molecule has 0 saturated carbocycles. The molecule has 0 bridgehead atoms. The average molecular weight is 317 g/mol. The maximum atomic E-state index is 11.4. The highest BCUT2D eigenvalue weighted by Gasteiger charge is 2.18. The Morgan fingerprint density at radius 1 is 1.29 bits per heavy atom. The number of rotatable bonds is 7. The highest BCUT2D eigenvalue weighted by molar-refractivity contribution is 7.82. The van der Waals surface area contributed by atoms with Gasteiger partial charge in [0.05, 0.1) is 6.61 Å². The molecule has 8 heteroatoms. The normalized spacial score (nSPS) is 11.4. The smallest absolute Gasteiger partial charge is 0.449 e. The Bertz CT molecular complexity index is 567. The number of carboxylic acid groups (broad SMARTS) is 1. The molecule has 0 fully saturated rings. The average Bonchev–Trinajstić information content (AvgIpc) is 2.37. The summed E-state index contributed by atoms with van der Waals surface area (Å²) in [5.74, 6) is 0.0592. The molecular formula is C13H19NO6S. The molecule has 7 nitrogen and oxygen atoms in total. The van der Waals surface area contributed by atoms with Gasteiger partial charge in [0.15, 0.2) is 0 Å². The number of anilines is 1. The fourth-order valence-corrected chi connectivity index (χ4v) is 2.38. The molecule has 0 unspecified atom stereocenters. The van der Waals surface area contributed by atoms with Crippen LogP contribution in [0.5, 0.6) is 5.75 Å². The lowest BCUT2D eigenvalue weighted by Crippen LogP contribution is -2.35. The Labute approximate surface area is 124 Å². The van der Waals surface area contributed by atoms with E-state index in [1.807, 2.05) is 0 Å². The topological polar surface area (TPSA) is 93.1 Å². The molecule has 0 aromatic heterocycles. The van der Waals surface area contributed by atoms with Crippen LogP contribution in [0.1, 0.15) is 27.2 Å². The summed E-state index contributed by atoms with van der Waals surface area (Å²) in [6, 6.07) is 5.45. The third-order valence-electron chi connectivity index (χ3n) is 2.47. The van der Waals surface area contributed by atoms with Crippen LogP contribution in [0.4, 0.5) is 10.5 Å². The van der Waals surface area contributed by atoms with Crippen molar-refractivity contribution in [1.82, 2.24) is 0 Å². The van der Waals surface area contributed by atoms with E-state index in [-0.39, 0.29) is 18.4 Å². The minimum Gasteiger partial charge on any atom is -0.465 e. The van der Waals surface area contributed by atoms with Gasteiger partial charge in [-0.2, -0.15) is 8.42 Å². The van der Waals surface area contributed by atoms with Crippen LogP contribution in [0, 0.1) is 0 Å². The minimum atomic E-state index is -4.09. The SMILES string of the molecule is CCCOS(=O)(=O)Oc1ccc(N(C(=O)O)C(C)C)cc1. The highest BCUT2D eigenvalue weighted by atomic mass is 32.3. The lowest BCUT2D eigenvalue weighted by atomic mass is 10.2. The van der Waals surface area contributed by atoms with Gasteiger partial charge >= 0.3 is 16.5 Å². The van der Waals surface area contributed by atoms with Crippen molar-refractivity contribution in [3.63, 3.8) is 0 Å². The standard InChI is InChI=1S/C13H19NO6S/c1-4-9-19-21(17,18)20-12-7-5-11(6-8-12)14(10(2)3)13(15)16/h5-8,10H,4,9H2,1-3H3,(H,15,16). The van der Waals surface area contributed by atoms with Crippen LogP contribution in [-0.4, -0.2) is 32.3 Å². The lowest BCUT2D eigenvalue weighted by Gasteiger charge is -2.23. The summed E-state index contributed by atoms with van der Waals surface area (Å²) in [5.41, 5.74) is 0.428. The number of benzene rings is 1. The van der Waals surface area contributed by atoms with E-state index in [2.05, 4.69) is 4.18 Å². The monoisotopic (exact) mass is 317 g/mol. The molecule has 0 aliphatic rings. The van der Waals surface area contributed by atoms with Crippen molar-refractivity contribution in [3.05, 3.63) is 24.3 Å². The summed E-state index contributed by atoms with van der Waals surface area (Å²) >= 11 is 0. The minimum absolute atomic E-state index is 0.0422. The Kier molecular flexibility index (Phi) is 5.98. The largest absolute Gasteiger partial charge is 0.465 e. The van der Waals surface area contributed by atoms with Crippen LogP contribution in [0.2, 0.25) is 0 Å². The van der Waals surface area contributed by atoms with Crippen molar-refractivity contribution >= 4 is 22.2 Å². The molecule has 1 aromatic rings. The van der Waals surface area contributed by atoms with E-state index < -0.39 is 16.5 Å². The van der Waals surface area contributed by atoms with Crippen molar-refractivity contribution in [2.24, 2.45) is 0 Å². The predicted molar refractivity (Wildman–Crippen MR) is 77.9 cm³/mol. The first-order chi connectivity index (χ1) is 9.76. The second kappa shape index (κ2) is 7.28. The van der Waals surface area contributed by atoms with E-state index >= 15 is 0 Å². The van der Waals surface area contributed by atoms with Crippen molar-refractivity contribution in [2.45, 2.75) is 33.2 Å². The van der Waals surface area contributed by atoms with E-state index in [0.29, 0.717) is 12.1 Å². The number of hydrogen-bond acceptors (Lipinski definition) is 5. The first-order valence-electron chi connectivity index (χ1n) is 6.48. The first kappa shape index (κ1) is 17.3. The van der Waals surface area contributed by atoms with Gasteiger partial charge in [-0.05, 0) is 44.5 Å². The molecule has 1 aromatic carbocycles. The molecule has 1 N–H and O–H groups in total. The molecule has 0 atom stereocenters. The predicted octanol–water partition coefficient (Wildman–Crippen LogP) is 2.63. The molecule has 0 heterocycles. The van der Waals surface area contributed by atoms with Gasteiger partial charge in [-0.3, -0.25) is 4.90 Å². The van der Waals surface area contributed by atoms with Gasteiger partial charge in [-0.25, -0.2) is 8.98 Å². The van der Waals surface area contributed by atoms with Gasteiger partial charge in [0.25, 0.3) is 0 Å². The van der Waals surface area contributed by atoms with Gasteiger partial charge in [0.2, 0.25) is 0 Å². The summed E-state index contributed by atoms with van der Waals surface area (Å²) < 4.78 is 32.2. The van der Waals surface area contributed by atoms with E-state index in [0.717, 1.165) is 4.90 Å². The molecule has 118 valence electrons. The maximum Gasteiger partial charge on any atom is 0.449 e. The number of hydrogen-bond donors (Lipinski definition) is 1. The van der Waals surface area contributed by atoms with E-state index in [9.17, 15) is 13.2 Å². The van der Waals surface area contributed by atoms with Gasteiger partial charge in [-0.15, -0.1) is 0 Å². The second-order valence-electron chi connectivity index (χ2n) is 4.55. The van der Waals surface area contributed by atoms with E-state index in [1.54, 1.807) is 20.8 Å². The van der Waals surface area contributed by atoms with Gasteiger partial charge in [0, 0.05) is 11.7 Å². The zero-order valence-electron chi connectivity index (χ0n) is 12.1. The number of nitrogens with zero attached hydrogens (tertiary/aromatic N) is 1. The summed E-state index contributed by atoms with van der Waals surface area (Å²) in [6.07, 6.45) is -0.540. The Hall–Kier alpha value is -1.80. The number of amides is 1. The summed E-state index contributed by atoms with van der Waals surface area (Å²) in [5, 5.41) is 9.13. The zero-order valence-corrected chi connectivity index (χ0v) is 13.0. The molecule has 0 spiro atoms. The second-order valence-corrected chi connectivity index (χ2v) is 5.77. The Morgan fingerprint density at radius 2 is 1.86 bits per heavy atom. The molecule has 1 rings (SSSR count). The van der Waals surface area contributed by atoms with Crippen molar-refractivity contribution < 1.29 is 26.7 Å². The molecule has 1 amide bonds. The van der Waals surface area contributed by atoms with Crippen molar-refractivity contribution in [3.8, 4) is 5.75 Å². The van der Waals surface area contributed by atoms with Crippen molar-refractivity contribution in [2.75, 3.05) is 11.5 Å². The van der Waals surface area contributed by atoms with Crippen molar-refractivity contribution in [1.29, 1.82) is 0 Å². The molecule has 0 aliphatic carbocycles. The molecular weight excluding hydrogens is 298 g/mol. The van der Waals surface area contributed by atoms with Gasteiger partial charge in [0.1, 0.15) is 5.75 Å². The fraction of sp³-hybridized carbons (Fsp3) is 0.462. The third kappa shape index (κ3) is 5.24. The van der Waals surface area contributed by atoms with Gasteiger partial charge < -0.3 is 9.29 Å². The summed E-state index contributed by atoms with van der Waals surface area (Å²) in [7, 11) is -4.09. The van der Waals surface area contributed by atoms with Crippen LogP contribution in [-0.2, 0) is 14.6 Å². The lowest BCUT2D eigenvalue weighted by molar-refractivity contribution is 0.200. The Morgan fingerprint density at radius 3 is 2.29 bits per heavy atom. The zero-order chi connectivity index (χ0) is 16.0. The Balaban J connectivity index is 2.85. The molecule has 0 radical (unpaired) electrons. The fourth-order valence-electron chi connectivity index (χ4n) is 1.62. The molecule has 0 aliphatic heterocycles. The molecule has 21 heavy (non-hydrogen) atoms. The third-order valence-corrected chi connectivity index (χ3v) is 3.32. The van der Waals surface area contributed by atoms with Gasteiger partial charge in [-0.1, -0.05) is 6.92 Å². The van der Waals surface area contributed by atoms with Crippen LogP contribution in [0.3, 0.4) is 0 Å². The summed E-state index contributed by atoms with van der Waals surface area (Å²) in [4.78, 5) is 12.3. The maximum absolute atomic E-state index is 11.4. The number of carbonyl (C=O) groups is 1. The van der Waals surface area contributed by atoms with E-state index in [1.165, 1.54) is 24.3 Å². The van der Waals surface area contributed by atoms with Crippen LogP contribution in [0.25, 0.3) is 0 Å². The van der Waals surface area contributed by atoms with Crippen LogP contribution >= 0.6 is 0 Å².